The van der Waals surface area contributed by atoms with E-state index >= 15 is 0 Å². The molecular formula is C23H29N5O2. The first kappa shape index (κ1) is 19.5. The fourth-order valence-electron chi connectivity index (χ4n) is 6.02. The second-order valence-corrected chi connectivity index (χ2v) is 9.29. The van der Waals surface area contributed by atoms with Gasteiger partial charge >= 0.3 is 0 Å². The van der Waals surface area contributed by atoms with Crippen LogP contribution in [0.15, 0.2) is 18.2 Å². The van der Waals surface area contributed by atoms with E-state index in [0.29, 0.717) is 13.1 Å². The Bertz CT molecular complexity index is 925. The molecule has 0 spiro atoms. The third-order valence-corrected chi connectivity index (χ3v) is 7.43. The van der Waals surface area contributed by atoms with Crippen molar-refractivity contribution in [3.05, 3.63) is 34.9 Å². The highest BCUT2D eigenvalue weighted by atomic mass is 16.2. The number of carbonyl (C=O) groups is 2. The topological polar surface area (TPSA) is 93.7 Å². The quantitative estimate of drug-likeness (QED) is 0.807. The van der Waals surface area contributed by atoms with Crippen molar-refractivity contribution in [3.8, 4) is 6.07 Å². The minimum atomic E-state index is -0.685. The molecule has 30 heavy (non-hydrogen) atoms. The predicted molar refractivity (Wildman–Crippen MR) is 111 cm³/mol. The molecule has 3 aliphatic heterocycles. The summed E-state index contributed by atoms with van der Waals surface area (Å²) in [5, 5.41) is 9.24. The Morgan fingerprint density at radius 3 is 2.93 bits per heavy atom. The minimum absolute atomic E-state index is 0.161. The maximum atomic E-state index is 13.3. The number of nitriles is 1. The Morgan fingerprint density at radius 1 is 1.33 bits per heavy atom. The van der Waals surface area contributed by atoms with Crippen molar-refractivity contribution in [2.45, 2.75) is 69.2 Å². The first-order valence-corrected chi connectivity index (χ1v) is 11.1. The third kappa shape index (κ3) is 3.01. The van der Waals surface area contributed by atoms with Gasteiger partial charge in [-0.3, -0.25) is 14.5 Å². The zero-order valence-corrected chi connectivity index (χ0v) is 17.5. The van der Waals surface area contributed by atoms with Gasteiger partial charge in [-0.05, 0) is 50.2 Å². The fraction of sp³-hybridized carbons (Fsp3) is 0.609. The van der Waals surface area contributed by atoms with Crippen molar-refractivity contribution in [2.24, 2.45) is 5.73 Å². The van der Waals surface area contributed by atoms with Gasteiger partial charge in [-0.15, -0.1) is 0 Å². The van der Waals surface area contributed by atoms with Gasteiger partial charge in [0.2, 0.25) is 11.8 Å². The van der Waals surface area contributed by atoms with Gasteiger partial charge in [0.05, 0.1) is 24.2 Å². The van der Waals surface area contributed by atoms with E-state index in [4.69, 9.17) is 5.73 Å². The Balaban J connectivity index is 1.25. The number of fused-ring (bicyclic) bond motifs is 3. The predicted octanol–water partition coefficient (Wildman–Crippen LogP) is 1.11. The summed E-state index contributed by atoms with van der Waals surface area (Å²) < 4.78 is 0. The van der Waals surface area contributed by atoms with Crippen molar-refractivity contribution in [1.82, 2.24) is 14.7 Å². The summed E-state index contributed by atoms with van der Waals surface area (Å²) in [7, 11) is 0. The van der Waals surface area contributed by atoms with Crippen LogP contribution in [0.3, 0.4) is 0 Å². The molecular weight excluding hydrogens is 378 g/mol. The average molecular weight is 408 g/mol. The summed E-state index contributed by atoms with van der Waals surface area (Å²) in [5.74, 6) is 0.0200. The van der Waals surface area contributed by atoms with E-state index < -0.39 is 6.04 Å². The van der Waals surface area contributed by atoms with Crippen LogP contribution in [0.4, 0.5) is 0 Å². The van der Waals surface area contributed by atoms with E-state index in [1.807, 2.05) is 0 Å². The molecule has 2 amide bonds. The van der Waals surface area contributed by atoms with Crippen molar-refractivity contribution >= 4 is 11.8 Å². The van der Waals surface area contributed by atoms with Gasteiger partial charge in [-0.25, -0.2) is 0 Å². The second kappa shape index (κ2) is 7.36. The summed E-state index contributed by atoms with van der Waals surface area (Å²) in [4.78, 5) is 31.8. The van der Waals surface area contributed by atoms with Crippen LogP contribution >= 0.6 is 0 Å². The lowest BCUT2D eigenvalue weighted by atomic mass is 10.0. The molecule has 4 aliphatic rings. The van der Waals surface area contributed by atoms with E-state index in [9.17, 15) is 14.9 Å². The number of aryl methyl sites for hydroxylation is 2. The van der Waals surface area contributed by atoms with Crippen molar-refractivity contribution in [2.75, 3.05) is 19.6 Å². The van der Waals surface area contributed by atoms with E-state index in [1.165, 1.54) is 16.7 Å². The van der Waals surface area contributed by atoms with E-state index in [1.54, 1.807) is 4.90 Å². The van der Waals surface area contributed by atoms with Crippen molar-refractivity contribution in [1.29, 1.82) is 5.26 Å². The molecule has 0 saturated carbocycles. The Kier molecular flexibility index (Phi) is 4.79. The molecule has 2 N–H and O–H groups in total. The number of nitrogens with zero attached hydrogens (tertiary/aromatic N) is 4. The highest BCUT2D eigenvalue weighted by Crippen LogP contribution is 2.44. The Morgan fingerprint density at radius 2 is 2.17 bits per heavy atom. The molecule has 2 bridgehead atoms. The molecule has 7 heteroatoms. The van der Waals surface area contributed by atoms with Gasteiger partial charge in [0.15, 0.2) is 0 Å². The van der Waals surface area contributed by atoms with Gasteiger partial charge < -0.3 is 15.5 Å². The molecule has 0 radical (unpaired) electrons. The van der Waals surface area contributed by atoms with Crippen LogP contribution in [0.1, 0.15) is 48.4 Å². The second-order valence-electron chi connectivity index (χ2n) is 9.29. The van der Waals surface area contributed by atoms with E-state index in [2.05, 4.69) is 41.0 Å². The molecule has 0 unspecified atom stereocenters. The first-order chi connectivity index (χ1) is 14.5. The van der Waals surface area contributed by atoms with Gasteiger partial charge in [0, 0.05) is 25.7 Å². The van der Waals surface area contributed by atoms with E-state index in [0.717, 1.165) is 38.6 Å². The lowest BCUT2D eigenvalue weighted by molar-refractivity contribution is -0.141. The van der Waals surface area contributed by atoms with Gasteiger partial charge in [-0.1, -0.05) is 23.8 Å². The molecule has 5 rings (SSSR count). The number of nitrogens with two attached hydrogens (primary N) is 1. The molecule has 158 valence electrons. The molecule has 3 heterocycles. The number of likely N-dealkylation sites (tertiary alicyclic amines) is 3. The maximum Gasteiger partial charge on any atom is 0.241 e. The highest BCUT2D eigenvalue weighted by molar-refractivity contribution is 5.87. The number of hydrogen-bond donors (Lipinski definition) is 1. The van der Waals surface area contributed by atoms with Crippen LogP contribution in [0.2, 0.25) is 0 Å². The number of amides is 2. The summed E-state index contributed by atoms with van der Waals surface area (Å²) in [5.41, 5.74) is 10.2. The molecule has 1 aromatic carbocycles. The zero-order chi connectivity index (χ0) is 21.0. The maximum absolute atomic E-state index is 13.3. The number of rotatable bonds is 4. The highest BCUT2D eigenvalue weighted by Gasteiger charge is 2.53. The molecule has 1 aromatic rings. The van der Waals surface area contributed by atoms with Crippen LogP contribution in [0, 0.1) is 18.3 Å². The molecule has 5 atom stereocenters. The molecule has 7 nitrogen and oxygen atoms in total. The van der Waals surface area contributed by atoms with Crippen molar-refractivity contribution in [3.63, 3.8) is 0 Å². The smallest absolute Gasteiger partial charge is 0.241 e. The summed E-state index contributed by atoms with van der Waals surface area (Å²) in [6, 6.07) is 7.94. The number of carbonyl (C=O) groups excluding carboxylic acids is 2. The Hall–Kier alpha value is -2.43. The molecule has 3 saturated heterocycles. The SMILES string of the molecule is Cc1ccc2c(c1)CC[C@@H]2N1C(=O)[C@H]2C[C@@H]1CN2C[C@H](N)C(=O)N1CCC[C@H]1C#N. The summed E-state index contributed by atoms with van der Waals surface area (Å²) in [6.45, 7) is 3.87. The fourth-order valence-corrected chi connectivity index (χ4v) is 6.02. The van der Waals surface area contributed by atoms with Crippen LogP contribution in [-0.4, -0.2) is 70.3 Å². The van der Waals surface area contributed by atoms with Gasteiger partial charge in [-0.2, -0.15) is 5.26 Å². The number of benzene rings is 1. The number of hydrogen-bond acceptors (Lipinski definition) is 5. The van der Waals surface area contributed by atoms with Gasteiger partial charge in [0.25, 0.3) is 0 Å². The summed E-state index contributed by atoms with van der Waals surface area (Å²) in [6.07, 6.45) is 4.42. The zero-order valence-electron chi connectivity index (χ0n) is 17.5. The van der Waals surface area contributed by atoms with Crippen LogP contribution in [-0.2, 0) is 16.0 Å². The standard InChI is InChI=1S/C23H29N5O2/c1-14-4-6-18-15(9-14)5-7-20(18)28-17-10-21(23(28)30)26(12-17)13-19(25)22(29)27-8-2-3-16(27)11-24/h4,6,9,16-17,19-21H,2-3,5,7-8,10,12-13,25H2,1H3/t16-,17+,19-,20-,21+/m0/s1. The first-order valence-electron chi connectivity index (χ1n) is 11.1. The largest absolute Gasteiger partial charge is 0.330 e. The van der Waals surface area contributed by atoms with Crippen molar-refractivity contribution < 1.29 is 9.59 Å². The third-order valence-electron chi connectivity index (χ3n) is 7.43. The van der Waals surface area contributed by atoms with Crippen LogP contribution < -0.4 is 5.73 Å². The molecule has 1 aliphatic carbocycles. The molecule has 0 aromatic heterocycles. The summed E-state index contributed by atoms with van der Waals surface area (Å²) >= 11 is 0. The Labute approximate surface area is 177 Å². The van der Waals surface area contributed by atoms with E-state index in [-0.39, 0.29) is 36.0 Å². The van der Waals surface area contributed by atoms with Gasteiger partial charge in [0.1, 0.15) is 6.04 Å². The lowest BCUT2D eigenvalue weighted by Crippen LogP contribution is -2.56. The lowest BCUT2D eigenvalue weighted by Gasteiger charge is -2.38. The number of piperazine rings is 1. The minimum Gasteiger partial charge on any atom is -0.330 e. The van der Waals surface area contributed by atoms with Crippen LogP contribution in [0.5, 0.6) is 0 Å². The average Bonchev–Trinajstić information content (AvgIpc) is 3.49. The molecule has 3 fully saturated rings. The monoisotopic (exact) mass is 407 g/mol. The normalized spacial score (nSPS) is 31.3. The van der Waals surface area contributed by atoms with Crippen LogP contribution in [0.25, 0.3) is 0 Å².